The molecule has 0 saturated heterocycles. The van der Waals surface area contributed by atoms with Crippen molar-refractivity contribution in [2.75, 3.05) is 0 Å². The summed E-state index contributed by atoms with van der Waals surface area (Å²) in [6.45, 7) is 2.09. The van der Waals surface area contributed by atoms with Crippen LogP contribution >= 0.6 is 0 Å². The molecule has 0 bridgehead atoms. The fourth-order valence-corrected chi connectivity index (χ4v) is 1.63. The SMILES string of the molecule is Cc1cccc2cncc(CO)c12. The van der Waals surface area contributed by atoms with E-state index in [0.29, 0.717) is 0 Å². The van der Waals surface area contributed by atoms with E-state index in [1.54, 1.807) is 6.20 Å². The molecule has 0 fully saturated rings. The second kappa shape index (κ2) is 3.15. The Bertz CT molecular complexity index is 432. The van der Waals surface area contributed by atoms with Crippen molar-refractivity contribution in [1.82, 2.24) is 4.98 Å². The molecule has 0 aliphatic rings. The van der Waals surface area contributed by atoms with Crippen LogP contribution in [-0.2, 0) is 6.61 Å². The molecule has 2 heteroatoms. The second-order valence-electron chi connectivity index (χ2n) is 3.13. The number of hydrogen-bond acceptors (Lipinski definition) is 2. The molecule has 0 amide bonds. The molecule has 1 heterocycles. The first-order valence-corrected chi connectivity index (χ1v) is 4.26. The molecule has 0 saturated carbocycles. The Hall–Kier alpha value is -1.41. The fourth-order valence-electron chi connectivity index (χ4n) is 1.63. The van der Waals surface area contributed by atoms with Crippen molar-refractivity contribution in [2.24, 2.45) is 0 Å². The normalized spacial score (nSPS) is 10.6. The molecule has 0 atom stereocenters. The van der Waals surface area contributed by atoms with Crippen LogP contribution in [0.3, 0.4) is 0 Å². The van der Waals surface area contributed by atoms with Gasteiger partial charge in [0, 0.05) is 23.3 Å². The van der Waals surface area contributed by atoms with E-state index >= 15 is 0 Å². The van der Waals surface area contributed by atoms with Crippen molar-refractivity contribution in [3.8, 4) is 0 Å². The van der Waals surface area contributed by atoms with Crippen LogP contribution in [0.2, 0.25) is 0 Å². The molecule has 1 aromatic heterocycles. The monoisotopic (exact) mass is 173 g/mol. The molecular weight excluding hydrogens is 162 g/mol. The van der Waals surface area contributed by atoms with Crippen LogP contribution in [0.15, 0.2) is 30.6 Å². The van der Waals surface area contributed by atoms with Crippen molar-refractivity contribution in [3.05, 3.63) is 41.7 Å². The maximum atomic E-state index is 9.12. The summed E-state index contributed by atoms with van der Waals surface area (Å²) in [5.41, 5.74) is 2.08. The number of pyridine rings is 1. The highest BCUT2D eigenvalue weighted by Crippen LogP contribution is 2.20. The largest absolute Gasteiger partial charge is 0.392 e. The molecule has 0 unspecified atom stereocenters. The highest BCUT2D eigenvalue weighted by molar-refractivity contribution is 5.87. The fraction of sp³-hybridized carbons (Fsp3) is 0.182. The molecule has 0 aliphatic heterocycles. The van der Waals surface area contributed by atoms with Gasteiger partial charge in [-0.05, 0) is 17.9 Å². The Morgan fingerprint density at radius 2 is 2.15 bits per heavy atom. The lowest BCUT2D eigenvalue weighted by molar-refractivity contribution is 0.283. The maximum absolute atomic E-state index is 9.12. The van der Waals surface area contributed by atoms with Crippen LogP contribution in [0.1, 0.15) is 11.1 Å². The van der Waals surface area contributed by atoms with E-state index in [4.69, 9.17) is 5.11 Å². The standard InChI is InChI=1S/C11H11NO/c1-8-3-2-4-9-5-12-6-10(7-13)11(8)9/h2-6,13H,7H2,1H3. The number of rotatable bonds is 1. The third kappa shape index (κ3) is 1.29. The zero-order chi connectivity index (χ0) is 9.26. The summed E-state index contributed by atoms with van der Waals surface area (Å²) in [6, 6.07) is 6.05. The number of fused-ring (bicyclic) bond motifs is 1. The summed E-state index contributed by atoms with van der Waals surface area (Å²) in [5.74, 6) is 0. The van der Waals surface area contributed by atoms with E-state index in [-0.39, 0.29) is 6.61 Å². The second-order valence-corrected chi connectivity index (χ2v) is 3.13. The van der Waals surface area contributed by atoms with E-state index in [9.17, 15) is 0 Å². The molecule has 1 N–H and O–H groups in total. The van der Waals surface area contributed by atoms with Crippen molar-refractivity contribution >= 4 is 10.8 Å². The van der Waals surface area contributed by atoms with Crippen LogP contribution in [0.25, 0.3) is 10.8 Å². The topological polar surface area (TPSA) is 33.1 Å². The molecule has 2 nitrogen and oxygen atoms in total. The Labute approximate surface area is 76.9 Å². The van der Waals surface area contributed by atoms with Gasteiger partial charge in [0.1, 0.15) is 0 Å². The van der Waals surface area contributed by atoms with Crippen molar-refractivity contribution in [2.45, 2.75) is 13.5 Å². The van der Waals surface area contributed by atoms with Crippen molar-refractivity contribution in [1.29, 1.82) is 0 Å². The molecular formula is C11H11NO. The van der Waals surface area contributed by atoms with Gasteiger partial charge in [-0.2, -0.15) is 0 Å². The van der Waals surface area contributed by atoms with Gasteiger partial charge in [0.15, 0.2) is 0 Å². The van der Waals surface area contributed by atoms with Gasteiger partial charge >= 0.3 is 0 Å². The summed E-state index contributed by atoms with van der Waals surface area (Å²) < 4.78 is 0. The maximum Gasteiger partial charge on any atom is 0.0703 e. The van der Waals surface area contributed by atoms with Crippen LogP contribution < -0.4 is 0 Å². The van der Waals surface area contributed by atoms with Crippen molar-refractivity contribution in [3.63, 3.8) is 0 Å². The summed E-state index contributed by atoms with van der Waals surface area (Å²) in [5, 5.41) is 11.3. The minimum absolute atomic E-state index is 0.0508. The van der Waals surface area contributed by atoms with Crippen LogP contribution in [0.4, 0.5) is 0 Å². The van der Waals surface area contributed by atoms with Gasteiger partial charge in [0.05, 0.1) is 6.61 Å². The number of nitrogens with zero attached hydrogens (tertiary/aromatic N) is 1. The highest BCUT2D eigenvalue weighted by atomic mass is 16.3. The predicted octanol–water partition coefficient (Wildman–Crippen LogP) is 2.04. The molecule has 1 aromatic carbocycles. The minimum Gasteiger partial charge on any atom is -0.392 e. The first kappa shape index (κ1) is 8.20. The lowest BCUT2D eigenvalue weighted by Crippen LogP contribution is -1.89. The van der Waals surface area contributed by atoms with Crippen molar-refractivity contribution < 1.29 is 5.11 Å². The predicted molar refractivity (Wildman–Crippen MR) is 52.4 cm³/mol. The first-order valence-electron chi connectivity index (χ1n) is 4.26. The van der Waals surface area contributed by atoms with E-state index in [2.05, 4.69) is 4.98 Å². The molecule has 13 heavy (non-hydrogen) atoms. The Kier molecular flexibility index (Phi) is 1.99. The van der Waals surface area contributed by atoms with Crippen LogP contribution in [0.5, 0.6) is 0 Å². The molecule has 0 spiro atoms. The summed E-state index contributed by atoms with van der Waals surface area (Å²) in [6.07, 6.45) is 3.54. The average molecular weight is 173 g/mol. The van der Waals surface area contributed by atoms with Crippen LogP contribution in [0, 0.1) is 6.92 Å². The Morgan fingerprint density at radius 3 is 2.92 bits per heavy atom. The number of aliphatic hydroxyl groups is 1. The van der Waals surface area contributed by atoms with Gasteiger partial charge in [-0.15, -0.1) is 0 Å². The zero-order valence-corrected chi connectivity index (χ0v) is 7.49. The number of benzene rings is 1. The summed E-state index contributed by atoms with van der Waals surface area (Å²) in [7, 11) is 0. The smallest absolute Gasteiger partial charge is 0.0703 e. The lowest BCUT2D eigenvalue weighted by atomic mass is 10.0. The minimum atomic E-state index is 0.0508. The van der Waals surface area contributed by atoms with Gasteiger partial charge in [0.25, 0.3) is 0 Å². The number of aryl methyl sites for hydroxylation is 1. The third-order valence-electron chi connectivity index (χ3n) is 2.24. The van der Waals surface area contributed by atoms with Gasteiger partial charge in [-0.1, -0.05) is 18.2 Å². The van der Waals surface area contributed by atoms with Gasteiger partial charge in [0.2, 0.25) is 0 Å². The summed E-state index contributed by atoms with van der Waals surface area (Å²) in [4.78, 5) is 4.06. The third-order valence-corrected chi connectivity index (χ3v) is 2.24. The number of hydrogen-bond donors (Lipinski definition) is 1. The van der Waals surface area contributed by atoms with Gasteiger partial charge in [-0.25, -0.2) is 0 Å². The van der Waals surface area contributed by atoms with Gasteiger partial charge < -0.3 is 5.11 Å². The first-order chi connectivity index (χ1) is 6.33. The zero-order valence-electron chi connectivity index (χ0n) is 7.49. The Morgan fingerprint density at radius 1 is 1.31 bits per heavy atom. The molecule has 0 aliphatic carbocycles. The molecule has 66 valence electrons. The quantitative estimate of drug-likeness (QED) is 0.715. The molecule has 2 rings (SSSR count). The highest BCUT2D eigenvalue weighted by Gasteiger charge is 2.01. The Balaban J connectivity index is 2.87. The number of aliphatic hydroxyl groups excluding tert-OH is 1. The van der Waals surface area contributed by atoms with E-state index in [1.165, 1.54) is 5.56 Å². The molecule has 0 radical (unpaired) electrons. The average Bonchev–Trinajstić information content (AvgIpc) is 2.17. The molecule has 2 aromatic rings. The summed E-state index contributed by atoms with van der Waals surface area (Å²) >= 11 is 0. The lowest BCUT2D eigenvalue weighted by Gasteiger charge is -2.05. The van der Waals surface area contributed by atoms with E-state index in [0.717, 1.165) is 16.3 Å². The number of aromatic nitrogens is 1. The van der Waals surface area contributed by atoms with E-state index in [1.807, 2.05) is 31.3 Å². The van der Waals surface area contributed by atoms with E-state index < -0.39 is 0 Å². The van der Waals surface area contributed by atoms with Gasteiger partial charge in [-0.3, -0.25) is 4.98 Å². The van der Waals surface area contributed by atoms with Crippen LogP contribution in [-0.4, -0.2) is 10.1 Å².